The number of rotatable bonds is 12. The van der Waals surface area contributed by atoms with Crippen molar-refractivity contribution in [3.63, 3.8) is 0 Å². The maximum atomic E-state index is 12.4. The first-order valence-corrected chi connectivity index (χ1v) is 8.77. The Morgan fingerprint density at radius 1 is 1.30 bits per heavy atom. The lowest BCUT2D eigenvalue weighted by molar-refractivity contribution is -0.154. The molecule has 0 bridgehead atoms. The van der Waals surface area contributed by atoms with E-state index in [1.54, 1.807) is 31.2 Å². The molecule has 0 saturated heterocycles. The molecule has 0 aliphatic carbocycles. The quantitative estimate of drug-likeness (QED) is 0.328. The Kier molecular flexibility index (Phi) is 8.68. The minimum absolute atomic E-state index is 0.180. The Hall–Kier alpha value is -2.67. The van der Waals surface area contributed by atoms with Gasteiger partial charge in [-0.15, -0.1) is 0 Å². The van der Waals surface area contributed by atoms with E-state index in [4.69, 9.17) is 14.6 Å². The highest BCUT2D eigenvalue weighted by Crippen LogP contribution is 2.21. The van der Waals surface area contributed by atoms with Gasteiger partial charge in [0.2, 0.25) is 0 Å². The minimum Gasteiger partial charge on any atom is -0.480 e. The van der Waals surface area contributed by atoms with Crippen LogP contribution in [0.1, 0.15) is 44.0 Å². The molecule has 0 aliphatic heterocycles. The first-order valence-electron chi connectivity index (χ1n) is 8.77. The van der Waals surface area contributed by atoms with Gasteiger partial charge in [-0.25, -0.2) is 4.79 Å². The molecule has 1 aromatic rings. The van der Waals surface area contributed by atoms with Gasteiger partial charge in [-0.1, -0.05) is 13.5 Å². The molecule has 0 spiro atoms. The van der Waals surface area contributed by atoms with Gasteiger partial charge in [0.15, 0.2) is 5.78 Å². The molecular weight excluding hydrogens is 350 g/mol. The lowest BCUT2D eigenvalue weighted by atomic mass is 9.99. The number of carbonyl (C=O) groups excluding carboxylic acids is 2. The lowest BCUT2D eigenvalue weighted by Gasteiger charge is -2.28. The van der Waals surface area contributed by atoms with Crippen molar-refractivity contribution in [2.45, 2.75) is 45.3 Å². The topological polar surface area (TPSA) is 102 Å². The standard InChI is InChI=1S/C20H27NO6/c1-5-18(24)27-20(4,6-2)11-12-26-14(3)19(25)15-7-9-16(10-8-15)21-13-17(22)23/h5,7-10,14,21H,1,6,11-13H2,2-4H3,(H,22,23). The van der Waals surface area contributed by atoms with E-state index in [1.807, 2.05) is 13.8 Å². The monoisotopic (exact) mass is 377 g/mol. The lowest BCUT2D eigenvalue weighted by Crippen LogP contribution is -2.33. The van der Waals surface area contributed by atoms with E-state index in [2.05, 4.69) is 11.9 Å². The van der Waals surface area contributed by atoms with Crippen LogP contribution in [0.2, 0.25) is 0 Å². The van der Waals surface area contributed by atoms with Crippen LogP contribution in [-0.4, -0.2) is 47.7 Å². The normalized spacial score (nSPS) is 13.9. The molecule has 27 heavy (non-hydrogen) atoms. The molecule has 0 fully saturated rings. The third-order valence-electron chi connectivity index (χ3n) is 4.24. The van der Waals surface area contributed by atoms with Gasteiger partial charge < -0.3 is 19.9 Å². The van der Waals surface area contributed by atoms with Crippen molar-refractivity contribution in [1.82, 2.24) is 0 Å². The number of carboxylic acids is 1. The fraction of sp³-hybridized carbons (Fsp3) is 0.450. The molecule has 2 unspecified atom stereocenters. The van der Waals surface area contributed by atoms with Crippen molar-refractivity contribution in [3.8, 4) is 0 Å². The number of aliphatic carboxylic acids is 1. The number of nitrogens with one attached hydrogen (secondary N) is 1. The van der Waals surface area contributed by atoms with Gasteiger partial charge in [0.1, 0.15) is 18.2 Å². The van der Waals surface area contributed by atoms with Crippen LogP contribution in [0.5, 0.6) is 0 Å². The van der Waals surface area contributed by atoms with Crippen molar-refractivity contribution in [3.05, 3.63) is 42.5 Å². The average molecular weight is 377 g/mol. The van der Waals surface area contributed by atoms with Crippen molar-refractivity contribution in [2.24, 2.45) is 0 Å². The summed E-state index contributed by atoms with van der Waals surface area (Å²) in [7, 11) is 0. The predicted octanol–water partition coefficient (Wildman–Crippen LogP) is 3.06. The third-order valence-corrected chi connectivity index (χ3v) is 4.24. The summed E-state index contributed by atoms with van der Waals surface area (Å²) in [6.07, 6.45) is 1.54. The molecule has 7 nitrogen and oxygen atoms in total. The second-order valence-corrected chi connectivity index (χ2v) is 6.38. The van der Waals surface area contributed by atoms with Crippen molar-refractivity contribution >= 4 is 23.4 Å². The van der Waals surface area contributed by atoms with Crippen LogP contribution in [0.3, 0.4) is 0 Å². The molecule has 148 valence electrons. The number of ether oxygens (including phenoxy) is 2. The summed E-state index contributed by atoms with van der Waals surface area (Å²) in [5.41, 5.74) is 0.413. The van der Waals surface area contributed by atoms with Crippen LogP contribution in [0.25, 0.3) is 0 Å². The van der Waals surface area contributed by atoms with Gasteiger partial charge in [0.25, 0.3) is 0 Å². The largest absolute Gasteiger partial charge is 0.480 e. The highest BCUT2D eigenvalue weighted by atomic mass is 16.6. The number of ketones is 1. The smallest absolute Gasteiger partial charge is 0.330 e. The summed E-state index contributed by atoms with van der Waals surface area (Å²) in [6.45, 7) is 8.84. The van der Waals surface area contributed by atoms with Gasteiger partial charge in [-0.2, -0.15) is 0 Å². The van der Waals surface area contributed by atoms with E-state index in [0.29, 0.717) is 24.1 Å². The molecule has 1 rings (SSSR count). The zero-order chi connectivity index (χ0) is 20.4. The number of Topliss-reactive ketones (excluding diaryl/α,β-unsaturated/α-hetero) is 1. The summed E-state index contributed by atoms with van der Waals surface area (Å²) in [4.78, 5) is 34.4. The van der Waals surface area contributed by atoms with Gasteiger partial charge in [0.05, 0.1) is 6.61 Å². The fourth-order valence-corrected chi connectivity index (χ4v) is 2.28. The summed E-state index contributed by atoms with van der Waals surface area (Å²) < 4.78 is 11.0. The third kappa shape index (κ3) is 7.62. The van der Waals surface area contributed by atoms with Gasteiger partial charge in [-0.3, -0.25) is 9.59 Å². The van der Waals surface area contributed by atoms with Gasteiger partial charge in [-0.05, 0) is 44.5 Å². The molecule has 0 aromatic heterocycles. The zero-order valence-corrected chi connectivity index (χ0v) is 16.0. The van der Waals surface area contributed by atoms with E-state index >= 15 is 0 Å². The van der Waals surface area contributed by atoms with Gasteiger partial charge in [0, 0.05) is 23.7 Å². The van der Waals surface area contributed by atoms with E-state index in [-0.39, 0.29) is 18.9 Å². The second-order valence-electron chi connectivity index (χ2n) is 6.38. The number of anilines is 1. The molecule has 2 N–H and O–H groups in total. The second kappa shape index (κ2) is 10.5. The number of carbonyl (C=O) groups is 3. The molecule has 0 amide bonds. The van der Waals surface area contributed by atoms with Crippen molar-refractivity contribution in [1.29, 1.82) is 0 Å². The fourth-order valence-electron chi connectivity index (χ4n) is 2.28. The van der Waals surface area contributed by atoms with Crippen molar-refractivity contribution in [2.75, 3.05) is 18.5 Å². The molecule has 0 aliphatic rings. The number of hydrogen-bond acceptors (Lipinski definition) is 6. The number of benzene rings is 1. The molecule has 1 aromatic carbocycles. The Morgan fingerprint density at radius 3 is 2.44 bits per heavy atom. The van der Waals surface area contributed by atoms with E-state index in [1.165, 1.54) is 0 Å². The number of hydrogen-bond donors (Lipinski definition) is 2. The highest BCUT2D eigenvalue weighted by Gasteiger charge is 2.26. The summed E-state index contributed by atoms with van der Waals surface area (Å²) in [5, 5.41) is 11.4. The summed E-state index contributed by atoms with van der Waals surface area (Å²) in [6, 6.07) is 6.53. The van der Waals surface area contributed by atoms with E-state index in [0.717, 1.165) is 6.08 Å². The maximum Gasteiger partial charge on any atom is 0.330 e. The molecular formula is C20H27NO6. The zero-order valence-electron chi connectivity index (χ0n) is 16.0. The Labute approximate surface area is 159 Å². The minimum atomic E-state index is -0.963. The van der Waals surface area contributed by atoms with Crippen LogP contribution in [0.4, 0.5) is 5.69 Å². The maximum absolute atomic E-state index is 12.4. The van der Waals surface area contributed by atoms with Crippen LogP contribution in [-0.2, 0) is 19.1 Å². The predicted molar refractivity (Wildman–Crippen MR) is 102 cm³/mol. The molecule has 0 radical (unpaired) electrons. The van der Waals surface area contributed by atoms with Crippen LogP contribution in [0, 0.1) is 0 Å². The summed E-state index contributed by atoms with van der Waals surface area (Å²) >= 11 is 0. The van der Waals surface area contributed by atoms with Gasteiger partial charge >= 0.3 is 11.9 Å². The Balaban J connectivity index is 2.55. The SMILES string of the molecule is C=CC(=O)OC(C)(CC)CCOC(C)C(=O)c1ccc(NCC(=O)O)cc1. The first kappa shape index (κ1) is 22.4. The summed E-state index contributed by atoms with van der Waals surface area (Å²) in [5.74, 6) is -1.63. The Morgan fingerprint density at radius 2 is 1.93 bits per heavy atom. The molecule has 7 heteroatoms. The molecule has 2 atom stereocenters. The Bertz CT molecular complexity index is 670. The van der Waals surface area contributed by atoms with E-state index in [9.17, 15) is 14.4 Å². The average Bonchev–Trinajstić information content (AvgIpc) is 2.65. The van der Waals surface area contributed by atoms with E-state index < -0.39 is 23.6 Å². The van der Waals surface area contributed by atoms with Crippen LogP contribution < -0.4 is 5.32 Å². The number of esters is 1. The van der Waals surface area contributed by atoms with Crippen LogP contribution in [0.15, 0.2) is 36.9 Å². The van der Waals surface area contributed by atoms with Crippen LogP contribution >= 0.6 is 0 Å². The highest BCUT2D eigenvalue weighted by molar-refractivity contribution is 5.99. The van der Waals surface area contributed by atoms with Crippen molar-refractivity contribution < 1.29 is 29.0 Å². The molecule has 0 saturated carbocycles. The number of carboxylic acid groups (broad SMARTS) is 1. The first-order chi connectivity index (χ1) is 12.7. The molecule has 0 heterocycles.